The maximum Gasteiger partial charge on any atom is 0.164 e. The molecule has 1 fully saturated rings. The third kappa shape index (κ3) is 2.87. The minimum absolute atomic E-state index is 0.417. The first-order chi connectivity index (χ1) is 7.65. The number of rotatable bonds is 3. The van der Waals surface area contributed by atoms with E-state index in [2.05, 4.69) is 21.9 Å². The molecule has 0 spiro atoms. The zero-order chi connectivity index (χ0) is 11.5. The molecule has 16 heavy (non-hydrogen) atoms. The summed E-state index contributed by atoms with van der Waals surface area (Å²) in [6.45, 7) is 6.39. The molecule has 0 unspecified atom stereocenters. The fourth-order valence-electron chi connectivity index (χ4n) is 1.84. The average molecular weight is 244 g/mol. The summed E-state index contributed by atoms with van der Waals surface area (Å²) < 4.78 is 1.82. The first kappa shape index (κ1) is 11.7. The van der Waals surface area contributed by atoms with Crippen LogP contribution in [-0.2, 0) is 6.54 Å². The molecule has 0 aliphatic carbocycles. The van der Waals surface area contributed by atoms with E-state index in [9.17, 15) is 0 Å². The van der Waals surface area contributed by atoms with Crippen LogP contribution < -0.4 is 5.73 Å². The van der Waals surface area contributed by atoms with Crippen molar-refractivity contribution in [3.63, 3.8) is 0 Å². The van der Waals surface area contributed by atoms with E-state index in [0.717, 1.165) is 39.3 Å². The van der Waals surface area contributed by atoms with Gasteiger partial charge in [0.25, 0.3) is 0 Å². The zero-order valence-corrected chi connectivity index (χ0v) is 10.3. The summed E-state index contributed by atoms with van der Waals surface area (Å²) in [5, 5.41) is 4.68. The first-order valence-corrected chi connectivity index (χ1v) is 5.92. The third-order valence-electron chi connectivity index (χ3n) is 2.98. The summed E-state index contributed by atoms with van der Waals surface area (Å²) >= 11 is 5.84. The summed E-state index contributed by atoms with van der Waals surface area (Å²) in [5.74, 6) is 0.417. The summed E-state index contributed by atoms with van der Waals surface area (Å²) in [4.78, 5) is 4.78. The SMILES string of the molecule is CN1CCN(CCn2cc(Cl)c(N)n2)CC1. The zero-order valence-electron chi connectivity index (χ0n) is 9.56. The Morgan fingerprint density at radius 2 is 2.00 bits per heavy atom. The van der Waals surface area contributed by atoms with E-state index in [0.29, 0.717) is 10.8 Å². The molecule has 0 aromatic carbocycles. The molecule has 1 saturated heterocycles. The third-order valence-corrected chi connectivity index (χ3v) is 3.28. The fourth-order valence-corrected chi connectivity index (χ4v) is 1.99. The lowest BCUT2D eigenvalue weighted by Gasteiger charge is -2.32. The molecule has 1 aliphatic heterocycles. The average Bonchev–Trinajstić information content (AvgIpc) is 2.58. The first-order valence-electron chi connectivity index (χ1n) is 5.54. The molecule has 5 nitrogen and oxygen atoms in total. The molecule has 0 saturated carbocycles. The molecule has 6 heteroatoms. The molecule has 2 rings (SSSR count). The molecule has 0 atom stereocenters. The molecule has 90 valence electrons. The summed E-state index contributed by atoms with van der Waals surface area (Å²) in [7, 11) is 2.16. The Balaban J connectivity index is 1.79. The van der Waals surface area contributed by atoms with Gasteiger partial charge in [0.05, 0.1) is 6.54 Å². The number of nitrogens with zero attached hydrogens (tertiary/aromatic N) is 4. The minimum Gasteiger partial charge on any atom is -0.381 e. The van der Waals surface area contributed by atoms with Gasteiger partial charge in [-0.1, -0.05) is 11.6 Å². The normalized spacial score (nSPS) is 19.1. The molecule has 0 bridgehead atoms. The number of hydrogen-bond acceptors (Lipinski definition) is 4. The van der Waals surface area contributed by atoms with Crippen molar-refractivity contribution < 1.29 is 0 Å². The number of aromatic nitrogens is 2. The molecular weight excluding hydrogens is 226 g/mol. The second-order valence-electron chi connectivity index (χ2n) is 4.27. The molecule has 1 aromatic rings. The van der Waals surface area contributed by atoms with Gasteiger partial charge < -0.3 is 10.6 Å². The molecule has 0 amide bonds. The van der Waals surface area contributed by atoms with Crippen molar-refractivity contribution in [2.24, 2.45) is 0 Å². The number of piperazine rings is 1. The highest BCUT2D eigenvalue weighted by Gasteiger charge is 2.13. The van der Waals surface area contributed by atoms with Crippen LogP contribution in [0.5, 0.6) is 0 Å². The van der Waals surface area contributed by atoms with Gasteiger partial charge in [0.15, 0.2) is 5.82 Å². The summed E-state index contributed by atoms with van der Waals surface area (Å²) in [6.07, 6.45) is 1.78. The van der Waals surface area contributed by atoms with E-state index in [1.165, 1.54) is 0 Å². The van der Waals surface area contributed by atoms with Gasteiger partial charge >= 0.3 is 0 Å². The quantitative estimate of drug-likeness (QED) is 0.833. The highest BCUT2D eigenvalue weighted by molar-refractivity contribution is 6.32. The molecule has 0 radical (unpaired) electrons. The Morgan fingerprint density at radius 1 is 1.31 bits per heavy atom. The van der Waals surface area contributed by atoms with Crippen molar-refractivity contribution in [1.29, 1.82) is 0 Å². The van der Waals surface area contributed by atoms with Crippen molar-refractivity contribution in [3.05, 3.63) is 11.2 Å². The van der Waals surface area contributed by atoms with Crippen molar-refractivity contribution >= 4 is 17.4 Å². The lowest BCUT2D eigenvalue weighted by atomic mass is 10.3. The molecule has 2 heterocycles. The van der Waals surface area contributed by atoms with Crippen molar-refractivity contribution in [3.8, 4) is 0 Å². The maximum atomic E-state index is 5.84. The molecule has 1 aliphatic rings. The van der Waals surface area contributed by atoms with E-state index in [-0.39, 0.29) is 0 Å². The Labute approximate surface area is 101 Å². The topological polar surface area (TPSA) is 50.3 Å². The predicted octanol–water partition coefficient (Wildman–Crippen LogP) is 0.366. The van der Waals surface area contributed by atoms with E-state index in [4.69, 9.17) is 17.3 Å². The highest BCUT2D eigenvalue weighted by Crippen LogP contribution is 2.15. The Bertz CT molecular complexity index is 323. The van der Waals surface area contributed by atoms with Crippen molar-refractivity contribution in [2.75, 3.05) is 45.5 Å². The number of hydrogen-bond donors (Lipinski definition) is 1. The highest BCUT2D eigenvalue weighted by atomic mass is 35.5. The number of halogens is 1. The predicted molar refractivity (Wildman–Crippen MR) is 65.6 cm³/mol. The lowest BCUT2D eigenvalue weighted by molar-refractivity contribution is 0.149. The van der Waals surface area contributed by atoms with Gasteiger partial charge in [0, 0.05) is 38.9 Å². The summed E-state index contributed by atoms with van der Waals surface area (Å²) in [6, 6.07) is 0. The van der Waals surface area contributed by atoms with Gasteiger partial charge in [-0.25, -0.2) is 0 Å². The number of nitrogens with two attached hydrogens (primary N) is 1. The maximum absolute atomic E-state index is 5.84. The second-order valence-corrected chi connectivity index (χ2v) is 4.68. The van der Waals surface area contributed by atoms with Crippen LogP contribution in [0.25, 0.3) is 0 Å². The van der Waals surface area contributed by atoms with Crippen molar-refractivity contribution in [2.45, 2.75) is 6.54 Å². The number of nitrogen functional groups attached to an aromatic ring is 1. The van der Waals surface area contributed by atoms with Gasteiger partial charge in [-0.15, -0.1) is 0 Å². The minimum atomic E-state index is 0.417. The number of likely N-dealkylation sites (N-methyl/N-ethyl adjacent to an activating group) is 1. The largest absolute Gasteiger partial charge is 0.381 e. The van der Waals surface area contributed by atoms with Crippen LogP contribution in [0.2, 0.25) is 5.02 Å². The monoisotopic (exact) mass is 243 g/mol. The van der Waals surface area contributed by atoms with Crippen LogP contribution in [0.15, 0.2) is 6.20 Å². The van der Waals surface area contributed by atoms with Crippen LogP contribution in [-0.4, -0.2) is 59.4 Å². The number of anilines is 1. The van der Waals surface area contributed by atoms with Gasteiger partial charge in [-0.05, 0) is 7.05 Å². The fraction of sp³-hybridized carbons (Fsp3) is 0.700. The van der Waals surface area contributed by atoms with Crippen LogP contribution in [0.3, 0.4) is 0 Å². The summed E-state index contributed by atoms with van der Waals surface area (Å²) in [5.41, 5.74) is 5.58. The van der Waals surface area contributed by atoms with E-state index in [1.54, 1.807) is 6.20 Å². The van der Waals surface area contributed by atoms with E-state index in [1.807, 2.05) is 4.68 Å². The van der Waals surface area contributed by atoms with Gasteiger partial charge in [0.2, 0.25) is 0 Å². The van der Waals surface area contributed by atoms with Crippen LogP contribution >= 0.6 is 11.6 Å². The molecule has 1 aromatic heterocycles. The smallest absolute Gasteiger partial charge is 0.164 e. The Kier molecular flexibility index (Phi) is 3.68. The van der Waals surface area contributed by atoms with Gasteiger partial charge in [-0.2, -0.15) is 5.10 Å². The molecular formula is C10H18ClN5. The van der Waals surface area contributed by atoms with Crippen LogP contribution in [0.4, 0.5) is 5.82 Å². The van der Waals surface area contributed by atoms with E-state index >= 15 is 0 Å². The van der Waals surface area contributed by atoms with Crippen LogP contribution in [0, 0.1) is 0 Å². The molecule has 2 N–H and O–H groups in total. The van der Waals surface area contributed by atoms with Crippen molar-refractivity contribution in [1.82, 2.24) is 19.6 Å². The van der Waals surface area contributed by atoms with Gasteiger partial charge in [0.1, 0.15) is 5.02 Å². The van der Waals surface area contributed by atoms with Crippen LogP contribution in [0.1, 0.15) is 0 Å². The Morgan fingerprint density at radius 3 is 2.56 bits per heavy atom. The lowest BCUT2D eigenvalue weighted by Crippen LogP contribution is -2.45. The van der Waals surface area contributed by atoms with E-state index < -0.39 is 0 Å². The Hall–Kier alpha value is -0.780. The second kappa shape index (κ2) is 5.03. The van der Waals surface area contributed by atoms with Gasteiger partial charge in [-0.3, -0.25) is 9.58 Å². The standard InChI is InChI=1S/C10H18ClN5/c1-14-2-4-15(5-3-14)6-7-16-8-9(11)10(12)13-16/h8H,2-7H2,1H3,(H2,12,13).